The minimum absolute atomic E-state index is 0.00927. The molecule has 376 valence electrons. The number of phenols is 1. The molecule has 1 aliphatic rings. The summed E-state index contributed by atoms with van der Waals surface area (Å²) in [7, 11) is 1.20. The van der Waals surface area contributed by atoms with Crippen molar-refractivity contribution in [2.45, 2.75) is 122 Å². The topological polar surface area (TPSA) is 386 Å². The highest BCUT2D eigenvalue weighted by atomic mass is 16.3. The first-order chi connectivity index (χ1) is 31.9. The number of likely N-dealkylation sites (N-methyl/N-ethyl adjacent to an activating group) is 1. The third-order valence-electron chi connectivity index (χ3n) is 10.9. The maximum Gasteiger partial charge on any atom is 0.245 e. The van der Waals surface area contributed by atoms with Gasteiger partial charge >= 0.3 is 0 Å². The second-order valence-electron chi connectivity index (χ2n) is 17.2. The first-order valence-electron chi connectivity index (χ1n) is 22.3. The Morgan fingerprint density at radius 3 is 2.03 bits per heavy atom. The smallest absolute Gasteiger partial charge is 0.245 e. The summed E-state index contributed by atoms with van der Waals surface area (Å²) in [5.41, 5.74) is 16.8. The molecule has 0 bridgehead atoms. The van der Waals surface area contributed by atoms with Crippen molar-refractivity contribution in [3.63, 3.8) is 0 Å². The molecule has 1 aliphatic heterocycles. The van der Waals surface area contributed by atoms with E-state index in [2.05, 4.69) is 49.1 Å². The van der Waals surface area contributed by atoms with Gasteiger partial charge in [-0.1, -0.05) is 52.8 Å². The Bertz CT molecular complexity index is 2010. The maximum atomic E-state index is 14.1. The highest BCUT2D eigenvalue weighted by Crippen LogP contribution is 2.17. The first kappa shape index (κ1) is 56.9. The number of nitrogens with two attached hydrogens (primary N) is 3. The average molecular weight is 957 g/mol. The van der Waals surface area contributed by atoms with E-state index in [9.17, 15) is 57.8 Å². The van der Waals surface area contributed by atoms with E-state index in [0.29, 0.717) is 18.4 Å². The number of carbonyl (C=O) groups is 11. The van der Waals surface area contributed by atoms with E-state index in [1.54, 1.807) is 26.0 Å². The summed E-state index contributed by atoms with van der Waals surface area (Å²) >= 11 is 0. The molecule has 0 aliphatic carbocycles. The highest BCUT2D eigenvalue weighted by molar-refractivity contribution is 5.98. The van der Waals surface area contributed by atoms with Gasteiger partial charge in [-0.2, -0.15) is 0 Å². The van der Waals surface area contributed by atoms with Crippen molar-refractivity contribution in [2.75, 3.05) is 26.7 Å². The number of aromatic hydroxyl groups is 1. The molecule has 1 heterocycles. The Hall–Kier alpha value is -7.27. The Balaban J connectivity index is 2.59. The molecule has 68 heavy (non-hydrogen) atoms. The van der Waals surface area contributed by atoms with Crippen LogP contribution in [0.15, 0.2) is 36.5 Å². The number of amides is 11. The molecule has 0 aromatic heterocycles. The highest BCUT2D eigenvalue weighted by Gasteiger charge is 2.35. The van der Waals surface area contributed by atoms with E-state index in [0.717, 1.165) is 4.90 Å². The van der Waals surface area contributed by atoms with Crippen LogP contribution >= 0.6 is 0 Å². The van der Waals surface area contributed by atoms with Crippen molar-refractivity contribution < 1.29 is 57.8 Å². The van der Waals surface area contributed by atoms with Gasteiger partial charge in [0.2, 0.25) is 65.0 Å². The number of carbonyl (C=O) groups excluding carboxylic acids is 11. The van der Waals surface area contributed by atoms with Crippen LogP contribution in [0.3, 0.4) is 0 Å². The SMILES string of the molecule is C=C1N[C@@H]([C@@H](C)CC)C(=O)N[C@@H](CCC(N)=O)C(=O)N[C@@H](CC(N)=O)C(=O)N[C@H](C(=O)N(C)CC(=O)N[C@@H](CCC(C)C)C(=O)NCC(N)=O)CCC(=O)NCC(=O)N[C@H]1Cc1ccc(O)cc1. The second kappa shape index (κ2) is 28.0. The van der Waals surface area contributed by atoms with Gasteiger partial charge in [-0.3, -0.25) is 52.7 Å². The molecule has 0 saturated carbocycles. The summed E-state index contributed by atoms with van der Waals surface area (Å²) in [5.74, 6) is -9.88. The van der Waals surface area contributed by atoms with Crippen LogP contribution in [0, 0.1) is 11.8 Å². The normalized spacial score (nSPS) is 20.9. The zero-order valence-corrected chi connectivity index (χ0v) is 39.2. The zero-order valence-electron chi connectivity index (χ0n) is 39.2. The van der Waals surface area contributed by atoms with Gasteiger partial charge in [0, 0.05) is 25.6 Å². The number of primary amides is 3. The molecular formula is C44H68N12O12. The lowest BCUT2D eigenvalue weighted by atomic mass is 9.95. The Morgan fingerprint density at radius 1 is 0.809 bits per heavy atom. The lowest BCUT2D eigenvalue weighted by molar-refractivity contribution is -0.140. The molecule has 11 amide bonds. The lowest BCUT2D eigenvalue weighted by Gasteiger charge is -2.31. The van der Waals surface area contributed by atoms with Gasteiger partial charge in [-0.05, 0) is 61.6 Å². The molecule has 0 radical (unpaired) electrons. The summed E-state index contributed by atoms with van der Waals surface area (Å²) in [6, 6.07) is -2.00. The summed E-state index contributed by atoms with van der Waals surface area (Å²) in [6.07, 6.45) is -1.35. The third-order valence-corrected chi connectivity index (χ3v) is 10.9. The van der Waals surface area contributed by atoms with Gasteiger partial charge in [-0.15, -0.1) is 0 Å². The summed E-state index contributed by atoms with van der Waals surface area (Å²) in [4.78, 5) is 145. The molecule has 0 spiro atoms. The van der Waals surface area contributed by atoms with Crippen molar-refractivity contribution in [3.8, 4) is 5.75 Å². The molecule has 1 saturated heterocycles. The molecule has 2 rings (SSSR count). The largest absolute Gasteiger partial charge is 0.508 e. The fourth-order valence-electron chi connectivity index (χ4n) is 6.81. The first-order valence-corrected chi connectivity index (χ1v) is 22.3. The minimum Gasteiger partial charge on any atom is -0.508 e. The quantitative estimate of drug-likeness (QED) is 0.0639. The van der Waals surface area contributed by atoms with E-state index >= 15 is 0 Å². The fourth-order valence-corrected chi connectivity index (χ4v) is 6.81. The molecule has 24 heteroatoms. The van der Waals surface area contributed by atoms with E-state index < -0.39 is 152 Å². The molecule has 1 fully saturated rings. The maximum absolute atomic E-state index is 14.1. The number of nitrogens with zero attached hydrogens (tertiary/aromatic N) is 1. The Kier molecular flexibility index (Phi) is 23.4. The van der Waals surface area contributed by atoms with Crippen LogP contribution in [0.1, 0.15) is 84.6 Å². The van der Waals surface area contributed by atoms with Gasteiger partial charge in [0.25, 0.3) is 0 Å². The van der Waals surface area contributed by atoms with E-state index in [1.807, 2.05) is 13.8 Å². The molecule has 1 aromatic rings. The molecule has 7 atom stereocenters. The molecule has 0 unspecified atom stereocenters. The molecule has 1 aromatic carbocycles. The van der Waals surface area contributed by atoms with Crippen LogP contribution in [-0.4, -0.2) is 138 Å². The summed E-state index contributed by atoms with van der Waals surface area (Å²) in [5, 5.41) is 30.4. The predicted molar refractivity (Wildman–Crippen MR) is 245 cm³/mol. The van der Waals surface area contributed by atoms with Crippen LogP contribution in [0.2, 0.25) is 0 Å². The van der Waals surface area contributed by atoms with Gasteiger partial charge in [0.15, 0.2) is 0 Å². The summed E-state index contributed by atoms with van der Waals surface area (Å²) in [6.45, 7) is 9.68. The lowest BCUT2D eigenvalue weighted by Crippen LogP contribution is -2.60. The molecule has 24 nitrogen and oxygen atoms in total. The summed E-state index contributed by atoms with van der Waals surface area (Å²) < 4.78 is 0. The van der Waals surface area contributed by atoms with Crippen molar-refractivity contribution in [1.82, 2.24) is 47.4 Å². The standard InChI is InChI=1S/C44H68N12O12/c1-7-24(4)39-43(67)53-29(14-16-33(45)58)41(65)55-32(19-34(46)59)42(66)54-30(44(68)56(6)22-38(63)51-28(13-8-23(2)3)40(64)49-20-35(47)60)15-17-36(61)48-21-37(62)52-31(25(5)50-39)18-26-9-11-27(57)12-10-26/h9-12,23-24,28-32,39,50,57H,5,7-8,13-22H2,1-4,6H3,(H2,45,58)(H2,46,59)(H2,47,60)(H,48,61)(H,49,64)(H,51,63)(H,52,62)(H,53,67)(H,54,66)(H,55,65)/t24-,28-,29-,30-,31-,32-,39-/m0/s1. The predicted octanol–water partition coefficient (Wildman–Crippen LogP) is -3.58. The number of phenolic OH excluding ortho intramolecular Hbond substituents is 1. The third kappa shape index (κ3) is 20.5. The zero-order chi connectivity index (χ0) is 51.2. The second-order valence-corrected chi connectivity index (χ2v) is 17.2. The van der Waals surface area contributed by atoms with Gasteiger partial charge < -0.3 is 69.7 Å². The van der Waals surface area contributed by atoms with Crippen molar-refractivity contribution in [1.29, 1.82) is 0 Å². The van der Waals surface area contributed by atoms with E-state index in [-0.39, 0.29) is 36.6 Å². The average Bonchev–Trinajstić information content (AvgIpc) is 3.26. The van der Waals surface area contributed by atoms with Crippen molar-refractivity contribution in [3.05, 3.63) is 42.1 Å². The van der Waals surface area contributed by atoms with Crippen LogP contribution in [0.4, 0.5) is 0 Å². The monoisotopic (exact) mass is 957 g/mol. The van der Waals surface area contributed by atoms with Gasteiger partial charge in [0.1, 0.15) is 36.0 Å². The Morgan fingerprint density at radius 2 is 1.44 bits per heavy atom. The van der Waals surface area contributed by atoms with Gasteiger partial charge in [0.05, 0.1) is 32.1 Å². The number of nitrogens with one attached hydrogen (secondary N) is 8. The van der Waals surface area contributed by atoms with Crippen LogP contribution in [-0.2, 0) is 59.2 Å². The van der Waals surface area contributed by atoms with Crippen LogP contribution < -0.4 is 59.7 Å². The number of rotatable bonds is 19. The number of hydrogen-bond acceptors (Lipinski definition) is 13. The molecular weight excluding hydrogens is 889 g/mol. The molecule has 15 N–H and O–H groups in total. The van der Waals surface area contributed by atoms with Crippen molar-refractivity contribution >= 4 is 65.0 Å². The van der Waals surface area contributed by atoms with E-state index in [1.165, 1.54) is 19.2 Å². The number of hydrogen-bond donors (Lipinski definition) is 12. The fraction of sp³-hybridized carbons (Fsp3) is 0.568. The minimum atomic E-state index is -1.79. The van der Waals surface area contributed by atoms with Crippen LogP contribution in [0.5, 0.6) is 5.75 Å². The Labute approximate surface area is 394 Å². The van der Waals surface area contributed by atoms with Crippen LogP contribution in [0.25, 0.3) is 0 Å². The number of benzene rings is 1. The van der Waals surface area contributed by atoms with Crippen molar-refractivity contribution in [2.24, 2.45) is 29.0 Å². The van der Waals surface area contributed by atoms with Gasteiger partial charge in [-0.25, -0.2) is 0 Å². The van der Waals surface area contributed by atoms with E-state index in [4.69, 9.17) is 17.2 Å².